The largest absolute Gasteiger partial charge is 0.493 e. The van der Waals surface area contributed by atoms with Crippen molar-refractivity contribution in [3.63, 3.8) is 0 Å². The number of aromatic nitrogens is 3. The Morgan fingerprint density at radius 2 is 1.75 bits per heavy atom. The molecule has 3 rings (SSSR count). The van der Waals surface area contributed by atoms with Gasteiger partial charge in [0.1, 0.15) is 10.3 Å². The predicted molar refractivity (Wildman–Crippen MR) is 97.0 cm³/mol. The van der Waals surface area contributed by atoms with Gasteiger partial charge in [-0.25, -0.2) is 9.78 Å². The summed E-state index contributed by atoms with van der Waals surface area (Å²) >= 11 is 15.1. The van der Waals surface area contributed by atoms with Crippen molar-refractivity contribution in [3.05, 3.63) is 78.5 Å². The van der Waals surface area contributed by atoms with Crippen LogP contribution in [0, 0.1) is 0 Å². The molecule has 0 bridgehead atoms. The van der Waals surface area contributed by atoms with Crippen LogP contribution in [0.4, 0.5) is 0 Å². The van der Waals surface area contributed by atoms with Crippen LogP contribution in [0.2, 0.25) is 10.3 Å². The summed E-state index contributed by atoms with van der Waals surface area (Å²) in [6.07, 6.45) is 0.416. The van der Waals surface area contributed by atoms with Crippen LogP contribution in [0.5, 0.6) is 5.88 Å². The first-order chi connectivity index (χ1) is 11.4. The number of nitrogens with one attached hydrogen (secondary N) is 1. The summed E-state index contributed by atoms with van der Waals surface area (Å²) in [5.74, 6) is -0.105. The monoisotopic (exact) mass is 427 g/mol. The Bertz CT molecular complexity index is 915. The Morgan fingerprint density at radius 1 is 1.12 bits per heavy atom. The molecule has 0 aliphatic carbocycles. The highest BCUT2D eigenvalue weighted by Gasteiger charge is 2.14. The molecule has 0 fully saturated rings. The molecule has 8 heteroatoms. The van der Waals surface area contributed by atoms with E-state index >= 15 is 0 Å². The summed E-state index contributed by atoms with van der Waals surface area (Å²) in [6.45, 7) is 0.142. The summed E-state index contributed by atoms with van der Waals surface area (Å²) in [5, 5.41) is 10.8. The molecule has 0 radical (unpaired) electrons. The molecular formula is C16H12BrCl2N3O2. The Morgan fingerprint density at radius 3 is 2.38 bits per heavy atom. The topological polar surface area (TPSA) is 70.9 Å². The van der Waals surface area contributed by atoms with Gasteiger partial charge in [0.15, 0.2) is 0 Å². The molecule has 2 N–H and O–H groups in total. The molecule has 0 unspecified atom stereocenters. The Hall–Kier alpha value is -1.76. The summed E-state index contributed by atoms with van der Waals surface area (Å²) in [6, 6.07) is 10.8. The minimum absolute atomic E-state index is 0.105. The van der Waals surface area contributed by atoms with E-state index in [9.17, 15) is 9.90 Å². The molecule has 0 atom stereocenters. The summed E-state index contributed by atoms with van der Waals surface area (Å²) in [5.41, 5.74) is 1.70. The van der Waals surface area contributed by atoms with Gasteiger partial charge < -0.3 is 10.1 Å². The molecule has 0 amide bonds. The van der Waals surface area contributed by atoms with Crippen LogP contribution < -0.4 is 5.69 Å². The fourth-order valence-electron chi connectivity index (χ4n) is 2.38. The zero-order valence-electron chi connectivity index (χ0n) is 12.3. The number of halogens is 3. The fraction of sp³-hybridized carbons (Fsp3) is 0.125. The number of rotatable bonds is 4. The van der Waals surface area contributed by atoms with Crippen molar-refractivity contribution < 1.29 is 5.11 Å². The fourth-order valence-corrected chi connectivity index (χ4v) is 3.15. The molecule has 24 heavy (non-hydrogen) atoms. The number of aromatic hydroxyl groups is 1. The lowest BCUT2D eigenvalue weighted by molar-refractivity contribution is 0.417. The highest BCUT2D eigenvalue weighted by molar-refractivity contribution is 9.10. The van der Waals surface area contributed by atoms with E-state index in [4.69, 9.17) is 23.2 Å². The molecule has 0 aliphatic rings. The van der Waals surface area contributed by atoms with E-state index in [1.807, 2.05) is 24.3 Å². The van der Waals surface area contributed by atoms with Crippen molar-refractivity contribution >= 4 is 39.1 Å². The van der Waals surface area contributed by atoms with Crippen LogP contribution in [0.15, 0.2) is 45.7 Å². The van der Waals surface area contributed by atoms with Gasteiger partial charge in [-0.15, -0.1) is 0 Å². The molecule has 5 nitrogen and oxygen atoms in total. The van der Waals surface area contributed by atoms with Gasteiger partial charge in [0.05, 0.1) is 12.2 Å². The number of hydrogen-bond acceptors (Lipinski definition) is 3. The summed E-state index contributed by atoms with van der Waals surface area (Å²) in [4.78, 5) is 18.7. The molecule has 2 aromatic heterocycles. The smallest absolute Gasteiger partial charge is 0.328 e. The van der Waals surface area contributed by atoms with Gasteiger partial charge in [-0.2, -0.15) is 0 Å². The van der Waals surface area contributed by atoms with E-state index in [2.05, 4.69) is 25.9 Å². The molecule has 1 aromatic carbocycles. The molecular weight excluding hydrogens is 417 g/mol. The minimum Gasteiger partial charge on any atom is -0.493 e. The van der Waals surface area contributed by atoms with Crippen molar-refractivity contribution in [3.8, 4) is 5.88 Å². The van der Waals surface area contributed by atoms with Crippen LogP contribution in [0.1, 0.15) is 16.8 Å². The Labute approximate surface area is 156 Å². The van der Waals surface area contributed by atoms with E-state index < -0.39 is 5.69 Å². The zero-order chi connectivity index (χ0) is 17.3. The molecule has 0 spiro atoms. The number of benzene rings is 1. The zero-order valence-corrected chi connectivity index (χ0v) is 15.4. The third-order valence-electron chi connectivity index (χ3n) is 3.49. The van der Waals surface area contributed by atoms with Crippen LogP contribution >= 0.6 is 39.1 Å². The SMILES string of the molecule is O=c1[nH]c(Cc2ccc(Br)cc2)c(O)n1Cc1cc(Cl)nc(Cl)c1. The van der Waals surface area contributed by atoms with Crippen molar-refractivity contribution in [2.45, 2.75) is 13.0 Å². The van der Waals surface area contributed by atoms with Gasteiger partial charge in [-0.05, 0) is 35.4 Å². The minimum atomic E-state index is -0.399. The number of pyridine rings is 1. The maximum Gasteiger partial charge on any atom is 0.328 e. The highest BCUT2D eigenvalue weighted by atomic mass is 79.9. The molecule has 3 aromatic rings. The standard InChI is InChI=1S/C16H12BrCl2N3O2/c17-11-3-1-9(2-4-11)5-12-15(23)22(16(24)20-12)8-10-6-13(18)21-14(19)7-10/h1-4,6-7,23H,5,8H2,(H,20,24). The number of H-pyrrole nitrogens is 1. The van der Waals surface area contributed by atoms with E-state index in [1.54, 1.807) is 12.1 Å². The molecule has 124 valence electrons. The van der Waals surface area contributed by atoms with Crippen molar-refractivity contribution in [1.82, 2.24) is 14.5 Å². The van der Waals surface area contributed by atoms with Crippen molar-refractivity contribution in [2.75, 3.05) is 0 Å². The quantitative estimate of drug-likeness (QED) is 0.617. The normalized spacial score (nSPS) is 11.0. The van der Waals surface area contributed by atoms with Crippen molar-refractivity contribution in [1.29, 1.82) is 0 Å². The summed E-state index contributed by atoms with van der Waals surface area (Å²) < 4.78 is 2.20. The van der Waals surface area contributed by atoms with E-state index in [0.717, 1.165) is 10.0 Å². The van der Waals surface area contributed by atoms with Crippen LogP contribution in [-0.2, 0) is 13.0 Å². The third kappa shape index (κ3) is 3.83. The number of imidazole rings is 1. The van der Waals surface area contributed by atoms with Crippen molar-refractivity contribution in [2.24, 2.45) is 0 Å². The lowest BCUT2D eigenvalue weighted by atomic mass is 10.1. The lowest BCUT2D eigenvalue weighted by Crippen LogP contribution is -2.17. The van der Waals surface area contributed by atoms with Crippen LogP contribution in [-0.4, -0.2) is 19.6 Å². The van der Waals surface area contributed by atoms with E-state index in [-0.39, 0.29) is 22.7 Å². The number of aromatic amines is 1. The third-order valence-corrected chi connectivity index (χ3v) is 4.40. The molecule has 0 saturated heterocycles. The second-order valence-electron chi connectivity index (χ2n) is 5.24. The highest BCUT2D eigenvalue weighted by Crippen LogP contribution is 2.21. The van der Waals surface area contributed by atoms with Gasteiger partial charge in [-0.3, -0.25) is 4.57 Å². The Balaban J connectivity index is 1.88. The van der Waals surface area contributed by atoms with Crippen LogP contribution in [0.25, 0.3) is 0 Å². The first kappa shape index (κ1) is 17.1. The average Bonchev–Trinajstić information content (AvgIpc) is 2.76. The van der Waals surface area contributed by atoms with E-state index in [1.165, 1.54) is 4.57 Å². The number of nitrogens with zero attached hydrogens (tertiary/aromatic N) is 2. The molecule has 2 heterocycles. The second kappa shape index (κ2) is 7.01. The first-order valence-corrected chi connectivity index (χ1v) is 8.54. The molecule has 0 saturated carbocycles. The van der Waals surface area contributed by atoms with E-state index in [0.29, 0.717) is 17.7 Å². The van der Waals surface area contributed by atoms with Gasteiger partial charge in [0.25, 0.3) is 0 Å². The lowest BCUT2D eigenvalue weighted by Gasteiger charge is -2.05. The predicted octanol–water partition coefficient (Wildman–Crippen LogP) is 3.99. The summed E-state index contributed by atoms with van der Waals surface area (Å²) in [7, 11) is 0. The second-order valence-corrected chi connectivity index (χ2v) is 6.93. The van der Waals surface area contributed by atoms with Gasteiger partial charge >= 0.3 is 5.69 Å². The maximum atomic E-state index is 12.1. The molecule has 0 aliphatic heterocycles. The first-order valence-electron chi connectivity index (χ1n) is 6.99. The van der Waals surface area contributed by atoms with Gasteiger partial charge in [0.2, 0.25) is 5.88 Å². The average molecular weight is 429 g/mol. The van der Waals surface area contributed by atoms with Crippen LogP contribution in [0.3, 0.4) is 0 Å². The Kier molecular flexibility index (Phi) is 4.99. The maximum absolute atomic E-state index is 12.1. The van der Waals surface area contributed by atoms with Gasteiger partial charge in [-0.1, -0.05) is 51.3 Å². The number of hydrogen-bond donors (Lipinski definition) is 2. The van der Waals surface area contributed by atoms with Gasteiger partial charge in [0, 0.05) is 10.9 Å².